The molecule has 0 radical (unpaired) electrons. The summed E-state index contributed by atoms with van der Waals surface area (Å²) in [5, 5.41) is 8.62. The van der Waals surface area contributed by atoms with Gasteiger partial charge in [-0.15, -0.1) is 0 Å². The fraction of sp³-hybridized carbons (Fsp3) is 0.316. The van der Waals surface area contributed by atoms with Crippen LogP contribution < -0.4 is 9.46 Å². The lowest BCUT2D eigenvalue weighted by molar-refractivity contribution is -0.139. The van der Waals surface area contributed by atoms with Gasteiger partial charge in [0.1, 0.15) is 5.75 Å². The predicted octanol–water partition coefficient (Wildman–Crippen LogP) is 2.68. The minimum atomic E-state index is -3.68. The zero-order chi connectivity index (χ0) is 18.3. The third kappa shape index (κ3) is 3.08. The summed E-state index contributed by atoms with van der Waals surface area (Å²) in [5.74, 6) is 0.125. The molecule has 0 amide bonds. The number of sulfonamides is 1. The minimum Gasteiger partial charge on any atom is -0.482 e. The van der Waals surface area contributed by atoms with Gasteiger partial charge >= 0.3 is 5.97 Å². The summed E-state index contributed by atoms with van der Waals surface area (Å²) >= 11 is 0. The molecule has 1 saturated carbocycles. The van der Waals surface area contributed by atoms with Crippen LogP contribution in [0.3, 0.4) is 0 Å². The van der Waals surface area contributed by atoms with Crippen LogP contribution in [0.1, 0.15) is 35.9 Å². The normalized spacial score (nSPS) is 23.6. The molecule has 136 valence electrons. The summed E-state index contributed by atoms with van der Waals surface area (Å²) in [4.78, 5) is 10.7. The molecule has 26 heavy (non-hydrogen) atoms. The standard InChI is InChI=1S/C19H19NO5S/c21-18(22)11-25-14-5-7-15(8-6-14)26(23,24)20-19-13-9-12(10-13)16-3-1-2-4-17(16)19/h1-8,12-13,19-20H,9-11H2,(H,21,22). The number of aliphatic carboxylic acids is 1. The van der Waals surface area contributed by atoms with E-state index in [0.717, 1.165) is 18.4 Å². The van der Waals surface area contributed by atoms with Crippen LogP contribution in [0.5, 0.6) is 5.75 Å². The Morgan fingerprint density at radius 3 is 2.38 bits per heavy atom. The fourth-order valence-electron chi connectivity index (χ4n) is 3.86. The van der Waals surface area contributed by atoms with Crippen molar-refractivity contribution in [1.29, 1.82) is 0 Å². The number of ether oxygens (including phenoxy) is 1. The molecule has 0 aromatic heterocycles. The highest BCUT2D eigenvalue weighted by atomic mass is 32.2. The van der Waals surface area contributed by atoms with Crippen LogP contribution in [0.25, 0.3) is 0 Å². The molecule has 0 saturated heterocycles. The summed E-state index contributed by atoms with van der Waals surface area (Å²) < 4.78 is 33.5. The second-order valence-electron chi connectivity index (χ2n) is 6.81. The maximum Gasteiger partial charge on any atom is 0.341 e. The van der Waals surface area contributed by atoms with Crippen LogP contribution in [0, 0.1) is 5.92 Å². The average molecular weight is 373 g/mol. The number of carboxylic acid groups (broad SMARTS) is 1. The molecule has 3 aliphatic rings. The molecule has 0 heterocycles. The molecule has 2 aromatic rings. The molecule has 2 bridgehead atoms. The Morgan fingerprint density at radius 2 is 1.73 bits per heavy atom. The lowest BCUT2D eigenvalue weighted by Gasteiger charge is -2.47. The van der Waals surface area contributed by atoms with E-state index in [-0.39, 0.29) is 10.9 Å². The maximum absolute atomic E-state index is 12.8. The highest BCUT2D eigenvalue weighted by Gasteiger charge is 2.44. The van der Waals surface area contributed by atoms with E-state index in [1.807, 2.05) is 18.2 Å². The van der Waals surface area contributed by atoms with Crippen molar-refractivity contribution in [3.05, 3.63) is 59.7 Å². The number of hydrogen-bond donors (Lipinski definition) is 2. The van der Waals surface area contributed by atoms with Crippen LogP contribution >= 0.6 is 0 Å². The van der Waals surface area contributed by atoms with E-state index in [9.17, 15) is 13.2 Å². The van der Waals surface area contributed by atoms with Crippen molar-refractivity contribution < 1.29 is 23.1 Å². The quantitative estimate of drug-likeness (QED) is 0.812. The highest BCUT2D eigenvalue weighted by Crippen LogP contribution is 2.54. The van der Waals surface area contributed by atoms with E-state index in [1.165, 1.54) is 29.8 Å². The molecule has 1 fully saturated rings. The summed E-state index contributed by atoms with van der Waals surface area (Å²) in [5.41, 5.74) is 2.32. The molecule has 3 aliphatic carbocycles. The summed E-state index contributed by atoms with van der Waals surface area (Å²) in [7, 11) is -3.68. The first kappa shape index (κ1) is 17.1. The molecule has 0 spiro atoms. The SMILES string of the molecule is O=C(O)COc1ccc(S(=O)(=O)NC2c3ccccc3C3CC2C3)cc1. The van der Waals surface area contributed by atoms with Crippen molar-refractivity contribution >= 4 is 16.0 Å². The van der Waals surface area contributed by atoms with E-state index in [0.29, 0.717) is 17.6 Å². The number of carboxylic acids is 1. The van der Waals surface area contributed by atoms with Crippen molar-refractivity contribution in [3.63, 3.8) is 0 Å². The first-order valence-electron chi connectivity index (χ1n) is 8.50. The third-order valence-electron chi connectivity index (χ3n) is 5.20. The van der Waals surface area contributed by atoms with Crippen molar-refractivity contribution in [2.75, 3.05) is 6.61 Å². The zero-order valence-corrected chi connectivity index (χ0v) is 14.8. The van der Waals surface area contributed by atoms with Crippen LogP contribution in [-0.2, 0) is 14.8 Å². The predicted molar refractivity (Wildman–Crippen MR) is 94.5 cm³/mol. The average Bonchev–Trinajstić information content (AvgIpc) is 2.59. The third-order valence-corrected chi connectivity index (χ3v) is 6.65. The lowest BCUT2D eigenvalue weighted by Crippen LogP contribution is -2.43. The Labute approximate surface area is 151 Å². The van der Waals surface area contributed by atoms with Gasteiger partial charge in [0.25, 0.3) is 0 Å². The van der Waals surface area contributed by atoms with E-state index >= 15 is 0 Å². The van der Waals surface area contributed by atoms with Crippen molar-refractivity contribution in [2.24, 2.45) is 5.92 Å². The number of nitrogens with one attached hydrogen (secondary N) is 1. The van der Waals surface area contributed by atoms with Gasteiger partial charge in [0, 0.05) is 0 Å². The van der Waals surface area contributed by atoms with Gasteiger partial charge < -0.3 is 9.84 Å². The van der Waals surface area contributed by atoms with Crippen LogP contribution in [0.15, 0.2) is 53.4 Å². The fourth-order valence-corrected chi connectivity index (χ4v) is 5.15. The number of hydrogen-bond acceptors (Lipinski definition) is 4. The summed E-state index contributed by atoms with van der Waals surface area (Å²) in [6, 6.07) is 13.6. The number of benzene rings is 2. The van der Waals surface area contributed by atoms with Gasteiger partial charge in [0.05, 0.1) is 10.9 Å². The van der Waals surface area contributed by atoms with Gasteiger partial charge in [-0.2, -0.15) is 0 Å². The van der Waals surface area contributed by atoms with E-state index in [1.54, 1.807) is 0 Å². The molecule has 1 atom stereocenters. The van der Waals surface area contributed by atoms with Crippen LogP contribution in [0.4, 0.5) is 0 Å². The minimum absolute atomic E-state index is 0.138. The second-order valence-corrected chi connectivity index (χ2v) is 8.52. The first-order chi connectivity index (χ1) is 12.4. The lowest BCUT2D eigenvalue weighted by atomic mass is 9.60. The van der Waals surface area contributed by atoms with Gasteiger partial charge in [-0.3, -0.25) is 0 Å². The molecule has 1 unspecified atom stereocenters. The van der Waals surface area contributed by atoms with Crippen LogP contribution in [0.2, 0.25) is 0 Å². The topological polar surface area (TPSA) is 92.7 Å². The Bertz CT molecular complexity index is 933. The molecule has 0 aliphatic heterocycles. The van der Waals surface area contributed by atoms with Gasteiger partial charge in [0.2, 0.25) is 10.0 Å². The van der Waals surface area contributed by atoms with Crippen molar-refractivity contribution in [1.82, 2.24) is 4.72 Å². The molecule has 6 nitrogen and oxygen atoms in total. The van der Waals surface area contributed by atoms with Crippen LogP contribution in [-0.4, -0.2) is 26.1 Å². The van der Waals surface area contributed by atoms with Gasteiger partial charge in [-0.25, -0.2) is 17.9 Å². The van der Waals surface area contributed by atoms with Gasteiger partial charge in [0.15, 0.2) is 6.61 Å². The Kier molecular flexibility index (Phi) is 4.20. The van der Waals surface area contributed by atoms with E-state index in [2.05, 4.69) is 10.8 Å². The van der Waals surface area contributed by atoms with Crippen molar-refractivity contribution in [3.8, 4) is 5.75 Å². The summed E-state index contributed by atoms with van der Waals surface area (Å²) in [6.07, 6.45) is 2.04. The first-order valence-corrected chi connectivity index (χ1v) is 9.98. The smallest absolute Gasteiger partial charge is 0.341 e. The summed E-state index contributed by atoms with van der Waals surface area (Å²) in [6.45, 7) is -0.466. The molecule has 2 N–H and O–H groups in total. The number of rotatable bonds is 6. The van der Waals surface area contributed by atoms with E-state index in [4.69, 9.17) is 9.84 Å². The molecule has 5 rings (SSSR count). The number of carbonyl (C=O) groups is 1. The molecular weight excluding hydrogens is 354 g/mol. The zero-order valence-electron chi connectivity index (χ0n) is 14.0. The molecule has 2 aromatic carbocycles. The van der Waals surface area contributed by atoms with E-state index < -0.39 is 22.6 Å². The largest absolute Gasteiger partial charge is 0.482 e. The van der Waals surface area contributed by atoms with Crippen molar-refractivity contribution in [2.45, 2.75) is 29.7 Å². The monoisotopic (exact) mass is 373 g/mol. The van der Waals surface area contributed by atoms with Gasteiger partial charge in [-0.05, 0) is 60.1 Å². The van der Waals surface area contributed by atoms with Gasteiger partial charge in [-0.1, -0.05) is 24.3 Å². The Morgan fingerprint density at radius 1 is 1.08 bits per heavy atom. The Balaban J connectivity index is 1.54. The maximum atomic E-state index is 12.8. The Hall–Kier alpha value is -2.38. The molecule has 7 heteroatoms. The highest BCUT2D eigenvalue weighted by molar-refractivity contribution is 7.89. The molecular formula is C19H19NO5S. The second kappa shape index (κ2) is 6.41.